The zero-order valence-electron chi connectivity index (χ0n) is 12.2. The number of pyridine rings is 1. The number of aryl methyl sites for hydroxylation is 1. The number of aromatic nitrogens is 3. The third kappa shape index (κ3) is 2.31. The summed E-state index contributed by atoms with van der Waals surface area (Å²) in [6, 6.07) is 18.7. The second-order valence-electron chi connectivity index (χ2n) is 5.26. The van der Waals surface area contributed by atoms with Crippen molar-refractivity contribution >= 4 is 22.5 Å². The first-order valence-corrected chi connectivity index (χ1v) is 8.06. The van der Waals surface area contributed by atoms with Crippen molar-refractivity contribution in [1.29, 1.82) is 0 Å². The maximum Gasteiger partial charge on any atom is 0.165 e. The van der Waals surface area contributed by atoms with Crippen LogP contribution in [0.2, 0.25) is 0 Å². The number of rotatable bonds is 3. The SMILES string of the molecule is Cc1ccc(-n2c(Cc3ccccc3)nc3cccnc32)s1. The van der Waals surface area contributed by atoms with Crippen LogP contribution in [0, 0.1) is 6.92 Å². The highest BCUT2D eigenvalue weighted by molar-refractivity contribution is 7.14. The van der Waals surface area contributed by atoms with Crippen LogP contribution in [0.1, 0.15) is 16.3 Å². The Morgan fingerprint density at radius 3 is 2.64 bits per heavy atom. The smallest absolute Gasteiger partial charge is 0.165 e. The second kappa shape index (κ2) is 5.39. The molecule has 0 aliphatic carbocycles. The van der Waals surface area contributed by atoms with Crippen LogP contribution in [-0.2, 0) is 6.42 Å². The Kier molecular flexibility index (Phi) is 3.24. The van der Waals surface area contributed by atoms with Crippen LogP contribution >= 0.6 is 11.3 Å². The van der Waals surface area contributed by atoms with Crippen molar-refractivity contribution in [2.24, 2.45) is 0 Å². The summed E-state index contributed by atoms with van der Waals surface area (Å²) in [5, 5.41) is 1.17. The van der Waals surface area contributed by atoms with Gasteiger partial charge in [-0.15, -0.1) is 11.3 Å². The van der Waals surface area contributed by atoms with E-state index in [0.717, 1.165) is 23.4 Å². The van der Waals surface area contributed by atoms with Gasteiger partial charge in [-0.05, 0) is 36.8 Å². The summed E-state index contributed by atoms with van der Waals surface area (Å²) in [5.41, 5.74) is 3.13. The summed E-state index contributed by atoms with van der Waals surface area (Å²) in [5.74, 6) is 1.03. The number of hydrogen-bond acceptors (Lipinski definition) is 3. The van der Waals surface area contributed by atoms with Gasteiger partial charge in [0.15, 0.2) is 5.65 Å². The van der Waals surface area contributed by atoms with Crippen LogP contribution in [0.3, 0.4) is 0 Å². The van der Waals surface area contributed by atoms with Crippen LogP contribution < -0.4 is 0 Å². The Hall–Kier alpha value is -2.46. The normalized spacial score (nSPS) is 11.1. The van der Waals surface area contributed by atoms with Crippen LogP contribution in [0.25, 0.3) is 16.2 Å². The molecule has 4 rings (SSSR count). The minimum Gasteiger partial charge on any atom is -0.271 e. The van der Waals surface area contributed by atoms with E-state index >= 15 is 0 Å². The molecule has 3 heterocycles. The molecule has 0 bridgehead atoms. The molecular formula is C18H15N3S. The summed E-state index contributed by atoms with van der Waals surface area (Å²) in [4.78, 5) is 10.6. The van der Waals surface area contributed by atoms with Gasteiger partial charge >= 0.3 is 0 Å². The van der Waals surface area contributed by atoms with E-state index in [1.165, 1.54) is 15.4 Å². The predicted octanol–water partition coefficient (Wildman–Crippen LogP) is 4.38. The molecule has 0 aliphatic rings. The molecule has 0 radical (unpaired) electrons. The summed E-state index contributed by atoms with van der Waals surface area (Å²) >= 11 is 1.77. The maximum absolute atomic E-state index is 4.80. The number of thiophene rings is 1. The van der Waals surface area contributed by atoms with E-state index in [9.17, 15) is 0 Å². The fourth-order valence-corrected chi connectivity index (χ4v) is 3.51. The monoisotopic (exact) mass is 305 g/mol. The first-order valence-electron chi connectivity index (χ1n) is 7.24. The molecule has 108 valence electrons. The highest BCUT2D eigenvalue weighted by Crippen LogP contribution is 2.26. The molecule has 0 N–H and O–H groups in total. The number of fused-ring (bicyclic) bond motifs is 1. The van der Waals surface area contributed by atoms with E-state index in [-0.39, 0.29) is 0 Å². The van der Waals surface area contributed by atoms with Crippen LogP contribution in [0.15, 0.2) is 60.8 Å². The number of nitrogens with zero attached hydrogens (tertiary/aromatic N) is 3. The van der Waals surface area contributed by atoms with Crippen LogP contribution in [0.4, 0.5) is 0 Å². The standard InChI is InChI=1S/C18H15N3S/c1-13-9-10-17(22-13)21-16(12-14-6-3-2-4-7-14)20-15-8-5-11-19-18(15)21/h2-11H,12H2,1H3. The molecule has 0 unspecified atom stereocenters. The molecule has 22 heavy (non-hydrogen) atoms. The molecule has 0 saturated carbocycles. The topological polar surface area (TPSA) is 30.7 Å². The van der Waals surface area contributed by atoms with Gasteiger partial charge in [-0.2, -0.15) is 0 Å². The molecule has 0 amide bonds. The maximum atomic E-state index is 4.80. The molecule has 0 spiro atoms. The van der Waals surface area contributed by atoms with E-state index in [4.69, 9.17) is 4.98 Å². The molecule has 1 aromatic carbocycles. The molecule has 0 saturated heterocycles. The van der Waals surface area contributed by atoms with E-state index in [1.807, 2.05) is 24.4 Å². The van der Waals surface area contributed by atoms with E-state index in [0.29, 0.717) is 0 Å². The summed E-state index contributed by atoms with van der Waals surface area (Å²) < 4.78 is 2.18. The third-order valence-corrected chi connectivity index (χ3v) is 4.62. The van der Waals surface area contributed by atoms with Crippen molar-refractivity contribution < 1.29 is 0 Å². The lowest BCUT2D eigenvalue weighted by molar-refractivity contribution is 0.937. The Morgan fingerprint density at radius 2 is 1.86 bits per heavy atom. The van der Waals surface area contributed by atoms with Crippen molar-refractivity contribution in [3.05, 3.63) is 77.1 Å². The Balaban J connectivity index is 1.90. The van der Waals surface area contributed by atoms with E-state index in [1.54, 1.807) is 11.3 Å². The van der Waals surface area contributed by atoms with Crippen molar-refractivity contribution in [3.63, 3.8) is 0 Å². The van der Waals surface area contributed by atoms with Gasteiger partial charge in [-0.25, -0.2) is 9.97 Å². The Morgan fingerprint density at radius 1 is 1.00 bits per heavy atom. The zero-order chi connectivity index (χ0) is 14.9. The molecule has 4 aromatic rings. The molecule has 0 fully saturated rings. The van der Waals surface area contributed by atoms with Gasteiger partial charge in [0, 0.05) is 17.5 Å². The molecule has 4 heteroatoms. The van der Waals surface area contributed by atoms with E-state index in [2.05, 4.69) is 52.9 Å². The highest BCUT2D eigenvalue weighted by atomic mass is 32.1. The summed E-state index contributed by atoms with van der Waals surface area (Å²) in [7, 11) is 0. The molecule has 3 aromatic heterocycles. The van der Waals surface area contributed by atoms with Gasteiger partial charge in [0.25, 0.3) is 0 Å². The number of benzene rings is 1. The first-order chi connectivity index (χ1) is 10.8. The lowest BCUT2D eigenvalue weighted by atomic mass is 10.1. The van der Waals surface area contributed by atoms with Gasteiger partial charge in [0.05, 0.1) is 0 Å². The first kappa shape index (κ1) is 13.2. The van der Waals surface area contributed by atoms with Gasteiger partial charge in [0.1, 0.15) is 16.3 Å². The lowest BCUT2D eigenvalue weighted by Gasteiger charge is -2.06. The summed E-state index contributed by atoms with van der Waals surface area (Å²) in [6.45, 7) is 2.12. The van der Waals surface area contributed by atoms with Gasteiger partial charge < -0.3 is 0 Å². The summed E-state index contributed by atoms with van der Waals surface area (Å²) in [6.07, 6.45) is 2.63. The predicted molar refractivity (Wildman–Crippen MR) is 90.7 cm³/mol. The average molecular weight is 305 g/mol. The number of hydrogen-bond donors (Lipinski definition) is 0. The van der Waals surface area contributed by atoms with Crippen LogP contribution in [0.5, 0.6) is 0 Å². The quantitative estimate of drug-likeness (QED) is 0.562. The lowest BCUT2D eigenvalue weighted by Crippen LogP contribution is -2.01. The zero-order valence-corrected chi connectivity index (χ0v) is 13.0. The molecule has 3 nitrogen and oxygen atoms in total. The number of imidazole rings is 1. The Labute approximate surface area is 132 Å². The molecule has 0 atom stereocenters. The highest BCUT2D eigenvalue weighted by Gasteiger charge is 2.14. The van der Waals surface area contributed by atoms with Gasteiger partial charge in [-0.3, -0.25) is 4.57 Å². The van der Waals surface area contributed by atoms with Crippen molar-refractivity contribution in [1.82, 2.24) is 14.5 Å². The van der Waals surface area contributed by atoms with Crippen LogP contribution in [-0.4, -0.2) is 14.5 Å². The average Bonchev–Trinajstić information content (AvgIpc) is 3.11. The van der Waals surface area contributed by atoms with Gasteiger partial charge in [0.2, 0.25) is 0 Å². The Bertz CT molecular complexity index is 922. The minimum absolute atomic E-state index is 0.800. The largest absolute Gasteiger partial charge is 0.271 e. The van der Waals surface area contributed by atoms with Crippen molar-refractivity contribution in [2.45, 2.75) is 13.3 Å². The van der Waals surface area contributed by atoms with E-state index < -0.39 is 0 Å². The van der Waals surface area contributed by atoms with Crippen molar-refractivity contribution in [2.75, 3.05) is 0 Å². The molecule has 0 aliphatic heterocycles. The fraction of sp³-hybridized carbons (Fsp3) is 0.111. The minimum atomic E-state index is 0.800. The fourth-order valence-electron chi connectivity index (χ4n) is 2.63. The third-order valence-electron chi connectivity index (χ3n) is 3.64. The van der Waals surface area contributed by atoms with Gasteiger partial charge in [-0.1, -0.05) is 30.3 Å². The molecular weight excluding hydrogens is 290 g/mol. The second-order valence-corrected chi connectivity index (χ2v) is 6.52. The van der Waals surface area contributed by atoms with Crippen molar-refractivity contribution in [3.8, 4) is 5.00 Å².